The van der Waals surface area contributed by atoms with Gasteiger partial charge in [0, 0.05) is 10.0 Å². The van der Waals surface area contributed by atoms with Gasteiger partial charge in [0.05, 0.1) is 11.6 Å². The van der Waals surface area contributed by atoms with Crippen LogP contribution in [0, 0.1) is 5.92 Å². The zero-order valence-corrected chi connectivity index (χ0v) is 17.1. The van der Waals surface area contributed by atoms with Gasteiger partial charge in [-0.1, -0.05) is 61.3 Å². The van der Waals surface area contributed by atoms with Gasteiger partial charge in [0.2, 0.25) is 0 Å². The first-order valence-corrected chi connectivity index (χ1v) is 9.51. The smallest absolute Gasteiger partial charge is 0.338 e. The first-order chi connectivity index (χ1) is 12.7. The third kappa shape index (κ3) is 6.89. The Morgan fingerprint density at radius 1 is 1.00 bits per heavy atom. The second-order valence-electron chi connectivity index (χ2n) is 6.86. The summed E-state index contributed by atoms with van der Waals surface area (Å²) in [4.78, 5) is 24.1. The van der Waals surface area contributed by atoms with Crippen LogP contribution in [0.4, 0.5) is 0 Å². The molecule has 0 radical (unpaired) electrons. The molecule has 0 fully saturated rings. The molecule has 2 rings (SSSR count). The molecule has 0 saturated heterocycles. The van der Waals surface area contributed by atoms with Crippen molar-refractivity contribution in [2.24, 2.45) is 5.92 Å². The Labute approximate surface area is 169 Å². The average molecular weight is 408 g/mol. The molecule has 0 bridgehead atoms. The van der Waals surface area contributed by atoms with Gasteiger partial charge in [-0.2, -0.15) is 0 Å². The topological polar surface area (TPSA) is 55.4 Å². The van der Waals surface area contributed by atoms with Gasteiger partial charge in [0.1, 0.15) is 0 Å². The van der Waals surface area contributed by atoms with Crippen molar-refractivity contribution < 1.29 is 14.3 Å². The van der Waals surface area contributed by atoms with Crippen LogP contribution in [0.2, 0.25) is 10.0 Å². The summed E-state index contributed by atoms with van der Waals surface area (Å²) in [6.07, 6.45) is 1.02. The molecule has 0 aromatic heterocycles. The highest BCUT2D eigenvalue weighted by Gasteiger charge is 2.14. The zero-order chi connectivity index (χ0) is 20.0. The van der Waals surface area contributed by atoms with Gasteiger partial charge in [0.15, 0.2) is 6.61 Å². The summed E-state index contributed by atoms with van der Waals surface area (Å²) in [7, 11) is 0. The lowest BCUT2D eigenvalue weighted by Crippen LogP contribution is -2.31. The van der Waals surface area contributed by atoms with Gasteiger partial charge in [-0.15, -0.1) is 0 Å². The number of esters is 1. The van der Waals surface area contributed by atoms with Crippen LogP contribution < -0.4 is 5.32 Å². The summed E-state index contributed by atoms with van der Waals surface area (Å²) in [6, 6.07) is 12.3. The maximum absolute atomic E-state index is 12.1. The number of hydrogen-bond acceptors (Lipinski definition) is 3. The normalized spacial score (nSPS) is 11.9. The molecule has 0 heterocycles. The van der Waals surface area contributed by atoms with Crippen molar-refractivity contribution in [2.45, 2.75) is 33.2 Å². The summed E-state index contributed by atoms with van der Waals surface area (Å²) < 4.78 is 5.03. The molecule has 2 aromatic carbocycles. The standard InChI is InChI=1S/C21H23Cl2NO3/c1-13(2)8-15-4-6-16(7-5-15)14(3)24-20(25)12-27-21(26)17-9-18(22)11-19(23)10-17/h4-7,9-11,13-14H,8,12H2,1-3H3,(H,24,25)/t14-/m0/s1. The Hall–Kier alpha value is -2.04. The molecule has 0 spiro atoms. The Morgan fingerprint density at radius 2 is 1.59 bits per heavy atom. The van der Waals surface area contributed by atoms with Gasteiger partial charge in [-0.3, -0.25) is 4.79 Å². The van der Waals surface area contributed by atoms with E-state index in [0.717, 1.165) is 12.0 Å². The van der Waals surface area contributed by atoms with Crippen LogP contribution >= 0.6 is 23.2 Å². The van der Waals surface area contributed by atoms with E-state index < -0.39 is 5.97 Å². The fourth-order valence-corrected chi connectivity index (χ4v) is 3.19. The van der Waals surface area contributed by atoms with Crippen molar-refractivity contribution in [1.82, 2.24) is 5.32 Å². The third-order valence-corrected chi connectivity index (χ3v) is 4.37. The zero-order valence-electron chi connectivity index (χ0n) is 15.6. The lowest BCUT2D eigenvalue weighted by Gasteiger charge is -2.15. The van der Waals surface area contributed by atoms with E-state index in [1.807, 2.05) is 19.1 Å². The van der Waals surface area contributed by atoms with Gasteiger partial charge in [0.25, 0.3) is 5.91 Å². The van der Waals surface area contributed by atoms with E-state index in [9.17, 15) is 9.59 Å². The summed E-state index contributed by atoms with van der Waals surface area (Å²) in [5, 5.41) is 3.47. The average Bonchev–Trinajstić information content (AvgIpc) is 2.58. The molecule has 144 valence electrons. The molecular formula is C21H23Cl2NO3. The van der Waals surface area contributed by atoms with E-state index in [1.165, 1.54) is 23.8 Å². The van der Waals surface area contributed by atoms with Crippen molar-refractivity contribution in [3.05, 3.63) is 69.2 Å². The fourth-order valence-electron chi connectivity index (χ4n) is 2.67. The molecule has 27 heavy (non-hydrogen) atoms. The molecule has 1 N–H and O–H groups in total. The predicted molar refractivity (Wildman–Crippen MR) is 108 cm³/mol. The number of amides is 1. The SMILES string of the molecule is CC(C)Cc1ccc([C@H](C)NC(=O)COC(=O)c2cc(Cl)cc(Cl)c2)cc1. The summed E-state index contributed by atoms with van der Waals surface area (Å²) >= 11 is 11.7. The minimum absolute atomic E-state index is 0.190. The number of halogens is 2. The Balaban J connectivity index is 1.86. The van der Waals surface area contributed by atoms with Crippen LogP contribution in [0.5, 0.6) is 0 Å². The quantitative estimate of drug-likeness (QED) is 0.639. The number of benzene rings is 2. The van der Waals surface area contributed by atoms with Gasteiger partial charge < -0.3 is 10.1 Å². The van der Waals surface area contributed by atoms with Crippen molar-refractivity contribution in [3.8, 4) is 0 Å². The Morgan fingerprint density at radius 3 is 2.15 bits per heavy atom. The number of carbonyl (C=O) groups is 2. The molecule has 0 saturated carbocycles. The van der Waals surface area contributed by atoms with E-state index in [2.05, 4.69) is 31.3 Å². The number of rotatable bonds is 7. The third-order valence-electron chi connectivity index (χ3n) is 3.93. The minimum atomic E-state index is -0.653. The maximum atomic E-state index is 12.1. The molecule has 4 nitrogen and oxygen atoms in total. The second kappa shape index (κ2) is 9.77. The molecule has 0 aliphatic carbocycles. The Bertz CT molecular complexity index is 783. The molecule has 1 amide bonds. The van der Waals surface area contributed by atoms with Crippen molar-refractivity contribution >= 4 is 35.1 Å². The van der Waals surface area contributed by atoms with E-state index in [-0.39, 0.29) is 24.1 Å². The van der Waals surface area contributed by atoms with E-state index in [4.69, 9.17) is 27.9 Å². The first kappa shape index (κ1) is 21.3. The van der Waals surface area contributed by atoms with E-state index >= 15 is 0 Å². The van der Waals surface area contributed by atoms with Crippen LogP contribution in [0.15, 0.2) is 42.5 Å². The molecule has 6 heteroatoms. The number of nitrogens with one attached hydrogen (secondary N) is 1. The molecule has 1 atom stereocenters. The largest absolute Gasteiger partial charge is 0.452 e. The lowest BCUT2D eigenvalue weighted by atomic mass is 10.00. The molecule has 0 aliphatic heterocycles. The lowest BCUT2D eigenvalue weighted by molar-refractivity contribution is -0.124. The van der Waals surface area contributed by atoms with Crippen molar-refractivity contribution in [2.75, 3.05) is 6.61 Å². The van der Waals surface area contributed by atoms with Crippen LogP contribution in [0.1, 0.15) is 48.3 Å². The van der Waals surface area contributed by atoms with Gasteiger partial charge in [-0.05, 0) is 48.6 Å². The van der Waals surface area contributed by atoms with Gasteiger partial charge in [-0.25, -0.2) is 4.79 Å². The van der Waals surface area contributed by atoms with E-state index in [0.29, 0.717) is 16.0 Å². The Kier molecular flexibility index (Phi) is 7.69. The monoisotopic (exact) mass is 407 g/mol. The van der Waals surface area contributed by atoms with Crippen molar-refractivity contribution in [1.29, 1.82) is 0 Å². The highest BCUT2D eigenvalue weighted by Crippen LogP contribution is 2.20. The summed E-state index contributed by atoms with van der Waals surface area (Å²) in [5.74, 6) is -0.437. The molecular weight excluding hydrogens is 385 g/mol. The second-order valence-corrected chi connectivity index (χ2v) is 7.74. The van der Waals surface area contributed by atoms with Crippen molar-refractivity contribution in [3.63, 3.8) is 0 Å². The number of hydrogen-bond donors (Lipinski definition) is 1. The highest BCUT2D eigenvalue weighted by atomic mass is 35.5. The van der Waals surface area contributed by atoms with Gasteiger partial charge >= 0.3 is 5.97 Å². The predicted octanol–water partition coefficient (Wildman–Crippen LogP) is 5.23. The highest BCUT2D eigenvalue weighted by molar-refractivity contribution is 6.35. The van der Waals surface area contributed by atoms with Crippen LogP contribution in [0.25, 0.3) is 0 Å². The number of ether oxygens (including phenoxy) is 1. The summed E-state index contributed by atoms with van der Waals surface area (Å²) in [6.45, 7) is 5.86. The molecule has 0 unspecified atom stereocenters. The fraction of sp³-hybridized carbons (Fsp3) is 0.333. The summed E-state index contributed by atoms with van der Waals surface area (Å²) in [5.41, 5.74) is 2.46. The minimum Gasteiger partial charge on any atom is -0.452 e. The maximum Gasteiger partial charge on any atom is 0.338 e. The number of carbonyl (C=O) groups excluding carboxylic acids is 2. The molecule has 2 aromatic rings. The first-order valence-electron chi connectivity index (χ1n) is 8.76. The van der Waals surface area contributed by atoms with E-state index in [1.54, 1.807) is 0 Å². The van der Waals surface area contributed by atoms with Crippen LogP contribution in [0.3, 0.4) is 0 Å². The van der Waals surface area contributed by atoms with Crippen LogP contribution in [-0.4, -0.2) is 18.5 Å². The van der Waals surface area contributed by atoms with Crippen LogP contribution in [-0.2, 0) is 16.0 Å². The molecule has 0 aliphatic rings.